The van der Waals surface area contributed by atoms with Gasteiger partial charge in [0.25, 0.3) is 0 Å². The lowest BCUT2D eigenvalue weighted by atomic mass is 10.3. The van der Waals surface area contributed by atoms with Crippen LogP contribution in [0.4, 0.5) is 17.6 Å². The van der Waals surface area contributed by atoms with Crippen LogP contribution in [-0.4, -0.2) is 69.7 Å². The summed E-state index contributed by atoms with van der Waals surface area (Å²) in [7, 11) is 3.70. The number of aromatic nitrogens is 5. The lowest BCUT2D eigenvalue weighted by molar-refractivity contribution is -0.123. The van der Waals surface area contributed by atoms with Crippen LogP contribution in [0.25, 0.3) is 11.0 Å². The van der Waals surface area contributed by atoms with E-state index in [0.717, 1.165) is 5.56 Å². The maximum Gasteiger partial charge on any atom is 0.246 e. The highest BCUT2D eigenvalue weighted by molar-refractivity contribution is 5.90. The van der Waals surface area contributed by atoms with Gasteiger partial charge in [-0.1, -0.05) is 0 Å². The Morgan fingerprint density at radius 1 is 1.32 bits per heavy atom. The number of hydrogen-bond acceptors (Lipinski definition) is 9. The molecule has 0 fully saturated rings. The Kier molecular flexibility index (Phi) is 7.32. The van der Waals surface area contributed by atoms with Crippen molar-refractivity contribution in [2.45, 2.75) is 26.9 Å². The lowest BCUT2D eigenvalue weighted by Crippen LogP contribution is -2.26. The predicted molar refractivity (Wildman–Crippen MR) is 117 cm³/mol. The maximum atomic E-state index is 11.6. The maximum absolute atomic E-state index is 11.6. The summed E-state index contributed by atoms with van der Waals surface area (Å²) in [5, 5.41) is 19.6. The zero-order valence-corrected chi connectivity index (χ0v) is 18.2. The Bertz CT molecular complexity index is 1050. The van der Waals surface area contributed by atoms with Crippen LogP contribution in [0.5, 0.6) is 0 Å². The molecule has 0 spiro atoms. The van der Waals surface area contributed by atoms with E-state index in [4.69, 9.17) is 9.84 Å². The molecule has 0 saturated heterocycles. The smallest absolute Gasteiger partial charge is 0.246 e. The first kappa shape index (κ1) is 22.4. The molecule has 0 atom stereocenters. The Balaban J connectivity index is 2.11. The highest BCUT2D eigenvalue weighted by Crippen LogP contribution is 2.28. The van der Waals surface area contributed by atoms with Crippen LogP contribution in [0.3, 0.4) is 0 Å². The van der Waals surface area contributed by atoms with Gasteiger partial charge >= 0.3 is 0 Å². The summed E-state index contributed by atoms with van der Waals surface area (Å²) in [5.41, 5.74) is 2.91. The number of aliphatic hydroxyl groups excluding tert-OH is 1. The number of fused-ring (bicyclic) bond motifs is 1. The normalized spacial score (nSPS) is 11.0. The first-order valence-electron chi connectivity index (χ1n) is 10.0. The van der Waals surface area contributed by atoms with Gasteiger partial charge in [-0.2, -0.15) is 10.1 Å². The molecule has 0 aliphatic rings. The minimum absolute atomic E-state index is 0.129. The van der Waals surface area contributed by atoms with Gasteiger partial charge in [0.2, 0.25) is 11.9 Å². The highest BCUT2D eigenvalue weighted by Gasteiger charge is 2.20. The average molecular weight is 428 g/mol. The molecule has 0 aliphatic heterocycles. The molecule has 3 aromatic rings. The summed E-state index contributed by atoms with van der Waals surface area (Å²) in [4.78, 5) is 27.1. The van der Waals surface area contributed by atoms with E-state index in [-0.39, 0.29) is 6.54 Å². The van der Waals surface area contributed by atoms with E-state index in [1.54, 1.807) is 15.8 Å². The minimum Gasteiger partial charge on any atom is -0.387 e. The van der Waals surface area contributed by atoms with Gasteiger partial charge in [-0.15, -0.1) is 0 Å². The van der Waals surface area contributed by atoms with E-state index in [2.05, 4.69) is 30.7 Å². The number of nitrogens with zero attached hydrogens (tertiary/aromatic N) is 6. The van der Waals surface area contributed by atoms with Gasteiger partial charge in [0.1, 0.15) is 29.2 Å². The standard InChI is InChI=1S/C20H28N8O3/c1-5-31-9-8-28-18-17(14(26-28)11-22-16(30)12-29)24-20(27(3)4)25-19(18)23-15-10-13(2)6-7-21-15/h6-7,10,29H,5,8-9,11-12H2,1-4H3,(H,22,30)(H,21,23,24,25). The molecule has 3 N–H and O–H groups in total. The topological polar surface area (TPSA) is 130 Å². The lowest BCUT2D eigenvalue weighted by Gasteiger charge is -2.14. The van der Waals surface area contributed by atoms with Crippen molar-refractivity contribution in [3.8, 4) is 0 Å². The van der Waals surface area contributed by atoms with Gasteiger partial charge < -0.3 is 25.4 Å². The number of carbonyl (C=O) groups is 1. The van der Waals surface area contributed by atoms with Crippen LogP contribution in [0.15, 0.2) is 18.3 Å². The van der Waals surface area contributed by atoms with Crippen molar-refractivity contribution in [3.05, 3.63) is 29.6 Å². The van der Waals surface area contributed by atoms with Crippen LogP contribution >= 0.6 is 0 Å². The second kappa shape index (κ2) is 10.1. The van der Waals surface area contributed by atoms with E-state index in [9.17, 15) is 4.79 Å². The fourth-order valence-corrected chi connectivity index (χ4v) is 2.96. The van der Waals surface area contributed by atoms with Crippen LogP contribution in [-0.2, 0) is 22.6 Å². The largest absolute Gasteiger partial charge is 0.387 e. The molecule has 0 saturated carbocycles. The molecule has 3 aromatic heterocycles. The molecule has 0 aromatic carbocycles. The number of amides is 1. The van der Waals surface area contributed by atoms with Crippen molar-refractivity contribution in [2.24, 2.45) is 0 Å². The molecule has 3 heterocycles. The van der Waals surface area contributed by atoms with E-state index in [1.165, 1.54) is 0 Å². The third kappa shape index (κ3) is 5.44. The van der Waals surface area contributed by atoms with Crippen LogP contribution in [0, 0.1) is 6.92 Å². The molecule has 166 valence electrons. The number of rotatable bonds is 10. The first-order chi connectivity index (χ1) is 14.9. The van der Waals surface area contributed by atoms with Crippen molar-refractivity contribution in [1.82, 2.24) is 30.0 Å². The van der Waals surface area contributed by atoms with Crippen molar-refractivity contribution < 1.29 is 14.6 Å². The summed E-state index contributed by atoms with van der Waals surface area (Å²) in [6.45, 7) is 5.00. The van der Waals surface area contributed by atoms with E-state index < -0.39 is 12.5 Å². The molecular weight excluding hydrogens is 400 g/mol. The third-order valence-electron chi connectivity index (χ3n) is 4.46. The Morgan fingerprint density at radius 2 is 2.13 bits per heavy atom. The quantitative estimate of drug-likeness (QED) is 0.405. The monoisotopic (exact) mass is 428 g/mol. The van der Waals surface area contributed by atoms with Crippen LogP contribution in [0.2, 0.25) is 0 Å². The Hall–Kier alpha value is -3.31. The number of aliphatic hydroxyl groups is 1. The SMILES string of the molecule is CCOCCn1nc(CNC(=O)CO)c2nc(N(C)C)nc(Nc3cc(C)ccn3)c21. The molecule has 11 nitrogen and oxygen atoms in total. The molecular formula is C20H28N8O3. The number of nitrogens with one attached hydrogen (secondary N) is 2. The Labute approximate surface area is 180 Å². The first-order valence-corrected chi connectivity index (χ1v) is 10.0. The van der Waals surface area contributed by atoms with Crippen molar-refractivity contribution >= 4 is 34.5 Å². The van der Waals surface area contributed by atoms with Crippen LogP contribution in [0.1, 0.15) is 18.2 Å². The summed E-state index contributed by atoms with van der Waals surface area (Å²) in [6, 6.07) is 3.84. The second-order valence-corrected chi connectivity index (χ2v) is 7.11. The minimum atomic E-state index is -0.591. The molecule has 0 radical (unpaired) electrons. The zero-order chi connectivity index (χ0) is 22.4. The summed E-state index contributed by atoms with van der Waals surface area (Å²) in [6.07, 6.45) is 1.73. The summed E-state index contributed by atoms with van der Waals surface area (Å²) < 4.78 is 7.27. The second-order valence-electron chi connectivity index (χ2n) is 7.11. The molecule has 31 heavy (non-hydrogen) atoms. The molecule has 11 heteroatoms. The summed E-state index contributed by atoms with van der Waals surface area (Å²) in [5.74, 6) is 1.20. The summed E-state index contributed by atoms with van der Waals surface area (Å²) >= 11 is 0. The molecule has 1 amide bonds. The van der Waals surface area contributed by atoms with E-state index in [0.29, 0.717) is 54.1 Å². The predicted octanol–water partition coefficient (Wildman–Crippen LogP) is 0.984. The van der Waals surface area contributed by atoms with Crippen molar-refractivity contribution in [3.63, 3.8) is 0 Å². The van der Waals surface area contributed by atoms with Gasteiger partial charge in [-0.05, 0) is 31.5 Å². The number of aryl methyl sites for hydroxylation is 1. The van der Waals surface area contributed by atoms with Crippen molar-refractivity contribution in [2.75, 3.05) is 44.1 Å². The molecule has 0 unspecified atom stereocenters. The molecule has 0 aliphatic carbocycles. The van der Waals surface area contributed by atoms with E-state index >= 15 is 0 Å². The fraction of sp³-hybridized carbons (Fsp3) is 0.450. The number of ether oxygens (including phenoxy) is 1. The molecule has 0 bridgehead atoms. The Morgan fingerprint density at radius 3 is 2.81 bits per heavy atom. The number of hydrogen-bond donors (Lipinski definition) is 3. The van der Waals surface area contributed by atoms with Crippen molar-refractivity contribution in [1.29, 1.82) is 0 Å². The number of pyridine rings is 1. The van der Waals surface area contributed by atoms with Gasteiger partial charge in [0.15, 0.2) is 5.82 Å². The van der Waals surface area contributed by atoms with E-state index in [1.807, 2.05) is 40.1 Å². The molecule has 3 rings (SSSR count). The average Bonchev–Trinajstić information content (AvgIpc) is 3.10. The number of carbonyl (C=O) groups excluding carboxylic acids is 1. The highest BCUT2D eigenvalue weighted by atomic mass is 16.5. The third-order valence-corrected chi connectivity index (χ3v) is 4.46. The van der Waals surface area contributed by atoms with Gasteiger partial charge in [0, 0.05) is 26.9 Å². The van der Waals surface area contributed by atoms with Gasteiger partial charge in [0.05, 0.1) is 19.7 Å². The van der Waals surface area contributed by atoms with Gasteiger partial charge in [-0.3, -0.25) is 9.48 Å². The zero-order valence-electron chi connectivity index (χ0n) is 18.2. The van der Waals surface area contributed by atoms with Gasteiger partial charge in [-0.25, -0.2) is 9.97 Å². The fourth-order valence-electron chi connectivity index (χ4n) is 2.96. The number of anilines is 3. The van der Waals surface area contributed by atoms with Crippen LogP contribution < -0.4 is 15.5 Å².